The maximum Gasteiger partial charge on any atom is 0.306 e. The van der Waals surface area contributed by atoms with Gasteiger partial charge < -0.3 is 14.6 Å². The summed E-state index contributed by atoms with van der Waals surface area (Å²) < 4.78 is 11.2. The first-order valence-electron chi connectivity index (χ1n) is 14.3. The van der Waals surface area contributed by atoms with Gasteiger partial charge in [0.25, 0.3) is 0 Å². The van der Waals surface area contributed by atoms with Crippen LogP contribution in [0.3, 0.4) is 0 Å². The van der Waals surface area contributed by atoms with Crippen molar-refractivity contribution in [1.29, 1.82) is 0 Å². The highest BCUT2D eigenvalue weighted by Gasteiger charge is 2.63. The summed E-state index contributed by atoms with van der Waals surface area (Å²) in [5.41, 5.74) is 0.0570. The van der Waals surface area contributed by atoms with Crippen molar-refractivity contribution < 1.29 is 24.2 Å². The van der Waals surface area contributed by atoms with E-state index in [1.165, 1.54) is 32.6 Å². The van der Waals surface area contributed by atoms with Gasteiger partial charge in [-0.05, 0) is 125 Å². The van der Waals surface area contributed by atoms with Crippen molar-refractivity contribution in [2.24, 2.45) is 46.3 Å². The van der Waals surface area contributed by atoms with Crippen molar-refractivity contribution >= 4 is 11.9 Å². The van der Waals surface area contributed by atoms with Gasteiger partial charge in [0.05, 0.1) is 6.10 Å². The Labute approximate surface area is 213 Å². The van der Waals surface area contributed by atoms with Gasteiger partial charge in [0.1, 0.15) is 11.7 Å². The standard InChI is InChI=1S/C30H50O5/c1-18(8-11-26(33)35-28(3,4)5)22-9-10-23-27-24(13-15-30(22,23)7)29(6)14-12-21(34-19(2)31)16-20(29)17-25(27)32/h18,20-25,27,32H,8-17H2,1-7H3/t18?,20?,21-,22?,23?,24?,25-,27?,29+,30-/m1/s1. The first-order chi connectivity index (χ1) is 16.2. The molecule has 0 radical (unpaired) electrons. The average molecular weight is 491 g/mol. The second kappa shape index (κ2) is 9.65. The monoisotopic (exact) mass is 490 g/mol. The molecule has 4 fully saturated rings. The van der Waals surface area contributed by atoms with E-state index in [0.29, 0.717) is 41.9 Å². The summed E-state index contributed by atoms with van der Waals surface area (Å²) in [4.78, 5) is 23.9. The molecule has 1 N–H and O–H groups in total. The Bertz CT molecular complexity index is 801. The van der Waals surface area contributed by atoms with Crippen LogP contribution in [0.1, 0.15) is 113 Å². The van der Waals surface area contributed by atoms with Crippen LogP contribution in [-0.4, -0.2) is 34.9 Å². The van der Waals surface area contributed by atoms with Crippen molar-refractivity contribution in [3.05, 3.63) is 0 Å². The molecular formula is C30H50O5. The van der Waals surface area contributed by atoms with Crippen LogP contribution in [-0.2, 0) is 19.1 Å². The molecule has 0 saturated heterocycles. The highest BCUT2D eigenvalue weighted by atomic mass is 16.6. The predicted molar refractivity (Wildman–Crippen MR) is 136 cm³/mol. The third-order valence-corrected chi connectivity index (χ3v) is 11.0. The topological polar surface area (TPSA) is 72.8 Å². The van der Waals surface area contributed by atoms with Gasteiger partial charge in [-0.1, -0.05) is 20.8 Å². The quantitative estimate of drug-likeness (QED) is 0.458. The molecule has 200 valence electrons. The Morgan fingerprint density at radius 2 is 1.66 bits per heavy atom. The van der Waals surface area contributed by atoms with Crippen LogP contribution in [0.5, 0.6) is 0 Å². The lowest BCUT2D eigenvalue weighted by Gasteiger charge is -2.62. The number of fused-ring (bicyclic) bond motifs is 5. The van der Waals surface area contributed by atoms with Gasteiger partial charge in [-0.15, -0.1) is 0 Å². The van der Waals surface area contributed by atoms with Gasteiger partial charge in [-0.25, -0.2) is 0 Å². The summed E-state index contributed by atoms with van der Waals surface area (Å²) >= 11 is 0. The molecule has 0 bridgehead atoms. The van der Waals surface area contributed by atoms with Crippen molar-refractivity contribution in [3.63, 3.8) is 0 Å². The van der Waals surface area contributed by atoms with Crippen molar-refractivity contribution in [1.82, 2.24) is 0 Å². The minimum absolute atomic E-state index is 0.0184. The van der Waals surface area contributed by atoms with E-state index >= 15 is 0 Å². The number of carbonyl (C=O) groups is 2. The average Bonchev–Trinajstić information content (AvgIpc) is 3.09. The highest BCUT2D eigenvalue weighted by molar-refractivity contribution is 5.69. The number of hydrogen-bond acceptors (Lipinski definition) is 5. The number of aliphatic hydroxyl groups is 1. The lowest BCUT2D eigenvalue weighted by molar-refractivity contribution is -0.182. The lowest BCUT2D eigenvalue weighted by atomic mass is 9.43. The van der Waals surface area contributed by atoms with Crippen molar-refractivity contribution in [3.8, 4) is 0 Å². The summed E-state index contributed by atoms with van der Waals surface area (Å²) in [6.07, 6.45) is 9.78. The molecule has 0 amide bonds. The molecule has 4 aliphatic rings. The number of aliphatic hydroxyl groups excluding tert-OH is 1. The van der Waals surface area contributed by atoms with E-state index in [0.717, 1.165) is 32.1 Å². The maximum atomic E-state index is 12.3. The second-order valence-electron chi connectivity index (χ2n) is 14.1. The molecule has 5 nitrogen and oxygen atoms in total. The first-order valence-corrected chi connectivity index (χ1v) is 14.3. The van der Waals surface area contributed by atoms with Crippen LogP contribution in [0.4, 0.5) is 0 Å². The Hall–Kier alpha value is -1.10. The van der Waals surface area contributed by atoms with E-state index in [4.69, 9.17) is 9.47 Å². The fourth-order valence-electron chi connectivity index (χ4n) is 9.44. The normalized spacial score (nSPS) is 43.9. The van der Waals surface area contributed by atoms with Gasteiger partial charge in [-0.2, -0.15) is 0 Å². The SMILES string of the molecule is CC(=O)O[C@@H]1CC[C@@]2(C)C(C1)C[C@@H](O)C1C3CCC(C(C)CCC(=O)OC(C)(C)C)[C@@]3(C)CCC12. The summed E-state index contributed by atoms with van der Waals surface area (Å²) in [7, 11) is 0. The predicted octanol–water partition coefficient (Wildman–Crippen LogP) is 6.31. The fraction of sp³-hybridized carbons (Fsp3) is 0.933. The van der Waals surface area contributed by atoms with E-state index in [2.05, 4.69) is 20.8 Å². The van der Waals surface area contributed by atoms with Crippen molar-refractivity contribution in [2.45, 2.75) is 130 Å². The Morgan fingerprint density at radius 3 is 2.31 bits per heavy atom. The molecule has 10 atom stereocenters. The zero-order valence-electron chi connectivity index (χ0n) is 23.3. The van der Waals surface area contributed by atoms with Crippen LogP contribution in [0.15, 0.2) is 0 Å². The van der Waals surface area contributed by atoms with E-state index in [1.807, 2.05) is 20.8 Å². The van der Waals surface area contributed by atoms with E-state index in [1.54, 1.807) is 0 Å². The summed E-state index contributed by atoms with van der Waals surface area (Å²) in [5, 5.41) is 11.5. The van der Waals surface area contributed by atoms with E-state index < -0.39 is 5.60 Å². The molecule has 0 aromatic carbocycles. The van der Waals surface area contributed by atoms with E-state index in [9.17, 15) is 14.7 Å². The summed E-state index contributed by atoms with van der Waals surface area (Å²) in [5.74, 6) is 2.76. The number of hydrogen-bond donors (Lipinski definition) is 1. The molecule has 0 aromatic rings. The maximum absolute atomic E-state index is 12.3. The van der Waals surface area contributed by atoms with E-state index in [-0.39, 0.29) is 35.0 Å². The van der Waals surface area contributed by atoms with Gasteiger partial charge in [0.15, 0.2) is 0 Å². The minimum Gasteiger partial charge on any atom is -0.463 e. The molecule has 4 saturated carbocycles. The largest absolute Gasteiger partial charge is 0.463 e. The lowest BCUT2D eigenvalue weighted by Crippen LogP contribution is -2.58. The van der Waals surface area contributed by atoms with Crippen LogP contribution in [0.25, 0.3) is 0 Å². The molecule has 35 heavy (non-hydrogen) atoms. The van der Waals surface area contributed by atoms with Crippen LogP contribution in [0.2, 0.25) is 0 Å². The molecule has 0 heterocycles. The van der Waals surface area contributed by atoms with Crippen LogP contribution < -0.4 is 0 Å². The molecule has 5 heteroatoms. The summed E-state index contributed by atoms with van der Waals surface area (Å²) in [6.45, 7) is 14.6. The zero-order chi connectivity index (χ0) is 25.8. The number of ether oxygens (including phenoxy) is 2. The van der Waals surface area contributed by atoms with Crippen molar-refractivity contribution in [2.75, 3.05) is 0 Å². The van der Waals surface area contributed by atoms with Gasteiger partial charge in [-0.3, -0.25) is 9.59 Å². The Kier molecular flexibility index (Phi) is 7.43. The third kappa shape index (κ3) is 5.18. The number of carbonyl (C=O) groups excluding carboxylic acids is 2. The molecule has 0 aromatic heterocycles. The third-order valence-electron chi connectivity index (χ3n) is 11.0. The van der Waals surface area contributed by atoms with Gasteiger partial charge in [0.2, 0.25) is 0 Å². The summed E-state index contributed by atoms with van der Waals surface area (Å²) in [6, 6.07) is 0. The van der Waals surface area contributed by atoms with Crippen LogP contribution >= 0.6 is 0 Å². The number of esters is 2. The van der Waals surface area contributed by atoms with Gasteiger partial charge in [0, 0.05) is 13.3 Å². The zero-order valence-corrected chi connectivity index (χ0v) is 23.3. The molecule has 4 aliphatic carbocycles. The molecule has 0 spiro atoms. The molecular weight excluding hydrogens is 440 g/mol. The smallest absolute Gasteiger partial charge is 0.306 e. The van der Waals surface area contributed by atoms with Gasteiger partial charge >= 0.3 is 11.9 Å². The molecule has 4 rings (SSSR count). The highest BCUT2D eigenvalue weighted by Crippen LogP contribution is 2.68. The minimum atomic E-state index is -0.425. The number of rotatable bonds is 5. The fourth-order valence-corrected chi connectivity index (χ4v) is 9.44. The molecule has 0 aliphatic heterocycles. The Morgan fingerprint density at radius 1 is 1.00 bits per heavy atom. The molecule has 6 unspecified atom stereocenters. The second-order valence-corrected chi connectivity index (χ2v) is 14.1. The Balaban J connectivity index is 1.44. The first kappa shape index (κ1) is 26.9. The van der Waals surface area contributed by atoms with Crippen LogP contribution in [0, 0.1) is 46.3 Å².